The van der Waals surface area contributed by atoms with Crippen LogP contribution in [0.5, 0.6) is 23.0 Å². The Balaban J connectivity index is 1.62. The molecular formula is C26H23N2O8S+. The number of rotatable bonds is 7. The fraction of sp³-hybridized carbons (Fsp3) is 0.192. The normalized spacial score (nSPS) is 12.4. The fourth-order valence-electron chi connectivity index (χ4n) is 4.47. The summed E-state index contributed by atoms with van der Waals surface area (Å²) in [4.78, 5) is 10.1. The summed E-state index contributed by atoms with van der Waals surface area (Å²) in [7, 11) is 0.302. The van der Waals surface area contributed by atoms with Gasteiger partial charge < -0.3 is 18.4 Å². The number of pyridine rings is 1. The molecular weight excluding hydrogens is 500 g/mol. The van der Waals surface area contributed by atoms with E-state index in [1.54, 1.807) is 20.3 Å². The molecule has 0 spiro atoms. The van der Waals surface area contributed by atoms with Crippen LogP contribution in [0.1, 0.15) is 5.56 Å². The summed E-state index contributed by atoms with van der Waals surface area (Å²) in [6.07, 6.45) is 2.58. The summed E-state index contributed by atoms with van der Waals surface area (Å²) in [6.45, 7) is 0.652. The SMILES string of the molecule is COc1cc2c(cc1OC)-c1cc3ccc(OC)c(OS(=O)(=O)c4ccc([N+](=O)[O-])cc4)c3c[n+]1CC2. The third-order valence-corrected chi connectivity index (χ3v) is 7.57. The number of non-ortho nitro benzene ring substituents is 1. The number of aromatic nitrogens is 1. The number of benzene rings is 3. The number of methoxy groups -OCH3 is 3. The van der Waals surface area contributed by atoms with Crippen LogP contribution < -0.4 is 23.0 Å². The smallest absolute Gasteiger partial charge is 0.339 e. The number of hydrogen-bond donors (Lipinski definition) is 0. The van der Waals surface area contributed by atoms with E-state index in [-0.39, 0.29) is 22.1 Å². The molecule has 5 rings (SSSR count). The van der Waals surface area contributed by atoms with E-state index in [1.807, 2.05) is 35.0 Å². The summed E-state index contributed by atoms with van der Waals surface area (Å²) < 4.78 is 50.2. The molecule has 3 aromatic carbocycles. The number of ether oxygens (including phenoxy) is 3. The molecule has 0 atom stereocenters. The van der Waals surface area contributed by atoms with E-state index in [0.717, 1.165) is 52.9 Å². The lowest BCUT2D eigenvalue weighted by atomic mass is 9.95. The maximum atomic E-state index is 13.1. The highest BCUT2D eigenvalue weighted by molar-refractivity contribution is 7.87. The van der Waals surface area contributed by atoms with E-state index in [4.69, 9.17) is 18.4 Å². The van der Waals surface area contributed by atoms with E-state index in [1.165, 1.54) is 7.11 Å². The second-order valence-electron chi connectivity index (χ2n) is 8.35. The zero-order valence-electron chi connectivity index (χ0n) is 20.3. The van der Waals surface area contributed by atoms with Crippen LogP contribution in [0.15, 0.2) is 65.7 Å². The molecule has 11 heteroatoms. The Kier molecular flexibility index (Phi) is 6.08. The fourth-order valence-corrected chi connectivity index (χ4v) is 5.43. The van der Waals surface area contributed by atoms with Gasteiger partial charge in [-0.3, -0.25) is 10.1 Å². The van der Waals surface area contributed by atoms with Gasteiger partial charge in [-0.15, -0.1) is 0 Å². The average molecular weight is 524 g/mol. The van der Waals surface area contributed by atoms with Crippen LogP contribution in [0.25, 0.3) is 22.0 Å². The lowest BCUT2D eigenvalue weighted by Crippen LogP contribution is -2.40. The van der Waals surface area contributed by atoms with Gasteiger partial charge in [-0.05, 0) is 47.3 Å². The number of nitro groups is 1. The predicted molar refractivity (Wildman–Crippen MR) is 134 cm³/mol. The molecule has 1 aliphatic heterocycles. The molecule has 37 heavy (non-hydrogen) atoms. The van der Waals surface area contributed by atoms with Gasteiger partial charge in [0.05, 0.1) is 37.2 Å². The van der Waals surface area contributed by atoms with Crippen molar-refractivity contribution in [3.63, 3.8) is 0 Å². The van der Waals surface area contributed by atoms with Gasteiger partial charge in [-0.2, -0.15) is 13.0 Å². The Morgan fingerprint density at radius 1 is 0.892 bits per heavy atom. The van der Waals surface area contributed by atoms with Gasteiger partial charge in [-0.25, -0.2) is 0 Å². The van der Waals surface area contributed by atoms with Gasteiger partial charge in [0.2, 0.25) is 5.69 Å². The van der Waals surface area contributed by atoms with Crippen molar-refractivity contribution in [2.75, 3.05) is 21.3 Å². The Labute approximate surface area is 212 Å². The summed E-state index contributed by atoms with van der Waals surface area (Å²) in [5.41, 5.74) is 2.81. The number of aryl methyl sites for hydroxylation is 2. The Bertz CT molecular complexity index is 1650. The molecule has 4 aromatic rings. The maximum absolute atomic E-state index is 13.1. The second kappa shape index (κ2) is 9.25. The van der Waals surface area contributed by atoms with Crippen molar-refractivity contribution in [3.8, 4) is 34.3 Å². The molecule has 1 aliphatic rings. The van der Waals surface area contributed by atoms with Crippen LogP contribution in [0.2, 0.25) is 0 Å². The van der Waals surface area contributed by atoms with Crippen LogP contribution >= 0.6 is 0 Å². The number of hydrogen-bond acceptors (Lipinski definition) is 8. The highest BCUT2D eigenvalue weighted by atomic mass is 32.2. The number of fused-ring (bicyclic) bond motifs is 4. The van der Waals surface area contributed by atoms with Crippen molar-refractivity contribution in [1.29, 1.82) is 0 Å². The minimum Gasteiger partial charge on any atom is -0.493 e. The van der Waals surface area contributed by atoms with Gasteiger partial charge in [-0.1, -0.05) is 0 Å². The Morgan fingerprint density at radius 3 is 2.22 bits per heavy atom. The molecule has 0 radical (unpaired) electrons. The van der Waals surface area contributed by atoms with E-state index in [0.29, 0.717) is 23.4 Å². The quantitative estimate of drug-likeness (QED) is 0.154. The summed E-state index contributed by atoms with van der Waals surface area (Å²) >= 11 is 0. The first-order valence-electron chi connectivity index (χ1n) is 11.2. The molecule has 0 saturated carbocycles. The first-order valence-corrected chi connectivity index (χ1v) is 12.6. The molecule has 0 amide bonds. The molecule has 0 saturated heterocycles. The standard InChI is InChI=1S/C26H23N2O8S/c1-33-23-9-4-16-12-22-20-14-25(35-3)24(34-2)13-17(20)10-11-27(22)15-21(16)26(23)36-37(31,32)19-7-5-18(6-8-19)28(29)30/h4-9,12-15H,10-11H2,1-3H3/q+1. The maximum Gasteiger partial charge on any atom is 0.339 e. The molecule has 0 fully saturated rings. The molecule has 190 valence electrons. The molecule has 0 aliphatic carbocycles. The molecule has 10 nitrogen and oxygen atoms in total. The minimum atomic E-state index is -4.31. The van der Waals surface area contributed by atoms with Crippen LogP contribution in [0.4, 0.5) is 5.69 Å². The highest BCUT2D eigenvalue weighted by Gasteiger charge is 2.29. The van der Waals surface area contributed by atoms with E-state index in [2.05, 4.69) is 0 Å². The third kappa shape index (κ3) is 4.27. The van der Waals surface area contributed by atoms with Crippen molar-refractivity contribution < 1.29 is 36.3 Å². The third-order valence-electron chi connectivity index (χ3n) is 6.34. The van der Waals surface area contributed by atoms with Gasteiger partial charge >= 0.3 is 10.1 Å². The van der Waals surface area contributed by atoms with Gasteiger partial charge in [0.1, 0.15) is 4.90 Å². The van der Waals surface area contributed by atoms with Gasteiger partial charge in [0, 0.05) is 24.6 Å². The zero-order chi connectivity index (χ0) is 26.3. The number of nitro benzene ring substituents is 1. The Hall–Kier alpha value is -4.38. The largest absolute Gasteiger partial charge is 0.493 e. The molecule has 0 unspecified atom stereocenters. The molecule has 1 aromatic heterocycles. The molecule has 0 bridgehead atoms. The van der Waals surface area contributed by atoms with Crippen molar-refractivity contribution in [3.05, 3.63) is 76.5 Å². The monoisotopic (exact) mass is 523 g/mol. The van der Waals surface area contributed by atoms with Crippen LogP contribution in [-0.2, 0) is 23.1 Å². The van der Waals surface area contributed by atoms with Crippen LogP contribution in [0.3, 0.4) is 0 Å². The Morgan fingerprint density at radius 2 is 1.57 bits per heavy atom. The van der Waals surface area contributed by atoms with E-state index >= 15 is 0 Å². The lowest BCUT2D eigenvalue weighted by Gasteiger charge is -2.19. The predicted octanol–water partition coefficient (Wildman–Crippen LogP) is 4.05. The molecule has 0 N–H and O–H groups in total. The van der Waals surface area contributed by atoms with Crippen molar-refractivity contribution in [2.45, 2.75) is 17.9 Å². The summed E-state index contributed by atoms with van der Waals surface area (Å²) in [6, 6.07) is 13.8. The summed E-state index contributed by atoms with van der Waals surface area (Å²) in [5.74, 6) is 1.54. The first kappa shape index (κ1) is 24.3. The van der Waals surface area contributed by atoms with Crippen molar-refractivity contribution in [2.24, 2.45) is 0 Å². The minimum absolute atomic E-state index is 0.0340. The topological polar surface area (TPSA) is 118 Å². The second-order valence-corrected chi connectivity index (χ2v) is 9.90. The summed E-state index contributed by atoms with van der Waals surface area (Å²) in [5, 5.41) is 12.2. The van der Waals surface area contributed by atoms with Crippen LogP contribution in [0, 0.1) is 10.1 Å². The van der Waals surface area contributed by atoms with Gasteiger partial charge in [0.25, 0.3) is 5.69 Å². The number of nitrogens with zero attached hydrogens (tertiary/aromatic N) is 2. The first-order chi connectivity index (χ1) is 17.7. The van der Waals surface area contributed by atoms with E-state index < -0.39 is 15.0 Å². The van der Waals surface area contributed by atoms with Crippen molar-refractivity contribution >= 4 is 26.6 Å². The van der Waals surface area contributed by atoms with Gasteiger partial charge in [0.15, 0.2) is 35.7 Å². The van der Waals surface area contributed by atoms with Crippen LogP contribution in [-0.4, -0.2) is 34.7 Å². The van der Waals surface area contributed by atoms with Crippen molar-refractivity contribution in [1.82, 2.24) is 0 Å². The lowest BCUT2D eigenvalue weighted by molar-refractivity contribution is -0.686. The zero-order valence-corrected chi connectivity index (χ0v) is 21.1. The highest BCUT2D eigenvalue weighted by Crippen LogP contribution is 2.41. The molecule has 2 heterocycles. The van der Waals surface area contributed by atoms with E-state index in [9.17, 15) is 18.5 Å². The average Bonchev–Trinajstić information content (AvgIpc) is 2.91.